The lowest BCUT2D eigenvalue weighted by Gasteiger charge is -2.17. The number of halogens is 1. The van der Waals surface area contributed by atoms with Gasteiger partial charge in [-0.05, 0) is 62.9 Å². The first-order valence-electron chi connectivity index (χ1n) is 7.53. The third kappa shape index (κ3) is 5.42. The molecule has 0 aliphatic carbocycles. The van der Waals surface area contributed by atoms with Crippen LogP contribution in [0.15, 0.2) is 29.8 Å². The predicted molar refractivity (Wildman–Crippen MR) is 92.4 cm³/mol. The van der Waals surface area contributed by atoms with Gasteiger partial charge in [0.1, 0.15) is 0 Å². The molecule has 0 radical (unpaired) electrons. The molecule has 2 nitrogen and oxygen atoms in total. The third-order valence-corrected chi connectivity index (χ3v) is 4.95. The molecule has 2 aromatic rings. The SMILES string of the molecule is CCNCC(CCc1scnc1C)Cc1cccc(Cl)c1. The van der Waals surface area contributed by atoms with Crippen LogP contribution in [0.5, 0.6) is 0 Å². The number of nitrogens with one attached hydrogen (secondary N) is 1. The Morgan fingerprint density at radius 3 is 2.90 bits per heavy atom. The maximum Gasteiger partial charge on any atom is 0.0797 e. The fourth-order valence-corrected chi connectivity index (χ4v) is 3.53. The van der Waals surface area contributed by atoms with Crippen molar-refractivity contribution in [3.05, 3.63) is 50.9 Å². The molecule has 114 valence electrons. The molecular weight excluding hydrogens is 300 g/mol. The number of nitrogens with zero attached hydrogens (tertiary/aromatic N) is 1. The molecule has 0 spiro atoms. The molecule has 0 amide bonds. The third-order valence-electron chi connectivity index (χ3n) is 3.72. The highest BCUT2D eigenvalue weighted by Gasteiger charge is 2.12. The number of rotatable bonds is 8. The van der Waals surface area contributed by atoms with Gasteiger partial charge < -0.3 is 5.32 Å². The normalized spacial score (nSPS) is 12.5. The molecule has 0 saturated heterocycles. The lowest BCUT2D eigenvalue weighted by atomic mass is 9.94. The van der Waals surface area contributed by atoms with E-state index in [0.29, 0.717) is 5.92 Å². The lowest BCUT2D eigenvalue weighted by molar-refractivity contribution is 0.450. The number of hydrogen-bond donors (Lipinski definition) is 1. The number of aryl methyl sites for hydroxylation is 2. The van der Waals surface area contributed by atoms with Crippen molar-refractivity contribution in [1.82, 2.24) is 10.3 Å². The van der Waals surface area contributed by atoms with Gasteiger partial charge in [-0.3, -0.25) is 0 Å². The molecular formula is C17H23ClN2S. The second kappa shape index (κ2) is 8.52. The molecule has 0 bridgehead atoms. The van der Waals surface area contributed by atoms with Crippen molar-refractivity contribution < 1.29 is 0 Å². The second-order valence-electron chi connectivity index (χ2n) is 5.41. The van der Waals surface area contributed by atoms with Gasteiger partial charge in [-0.1, -0.05) is 30.7 Å². The van der Waals surface area contributed by atoms with Crippen LogP contribution in [0.25, 0.3) is 0 Å². The smallest absolute Gasteiger partial charge is 0.0797 e. The number of thiazole rings is 1. The van der Waals surface area contributed by atoms with E-state index in [1.54, 1.807) is 11.3 Å². The van der Waals surface area contributed by atoms with Gasteiger partial charge in [0.2, 0.25) is 0 Å². The van der Waals surface area contributed by atoms with Crippen molar-refractivity contribution in [3.63, 3.8) is 0 Å². The summed E-state index contributed by atoms with van der Waals surface area (Å²) in [7, 11) is 0. The van der Waals surface area contributed by atoms with Gasteiger partial charge in [-0.2, -0.15) is 0 Å². The van der Waals surface area contributed by atoms with Crippen LogP contribution < -0.4 is 5.32 Å². The van der Waals surface area contributed by atoms with E-state index in [1.807, 2.05) is 17.6 Å². The number of benzene rings is 1. The van der Waals surface area contributed by atoms with E-state index in [-0.39, 0.29) is 0 Å². The summed E-state index contributed by atoms with van der Waals surface area (Å²) in [6.07, 6.45) is 3.38. The zero-order valence-electron chi connectivity index (χ0n) is 12.7. The summed E-state index contributed by atoms with van der Waals surface area (Å²) in [6, 6.07) is 8.22. The average Bonchev–Trinajstić information content (AvgIpc) is 2.87. The van der Waals surface area contributed by atoms with Crippen LogP contribution in [-0.2, 0) is 12.8 Å². The van der Waals surface area contributed by atoms with Crippen LogP contribution >= 0.6 is 22.9 Å². The van der Waals surface area contributed by atoms with Crippen LogP contribution in [-0.4, -0.2) is 18.1 Å². The summed E-state index contributed by atoms with van der Waals surface area (Å²) < 4.78 is 0. The van der Waals surface area contributed by atoms with E-state index in [2.05, 4.69) is 36.3 Å². The minimum absolute atomic E-state index is 0.630. The van der Waals surface area contributed by atoms with Crippen LogP contribution in [0, 0.1) is 12.8 Å². The highest BCUT2D eigenvalue weighted by Crippen LogP contribution is 2.21. The fourth-order valence-electron chi connectivity index (χ4n) is 2.52. The number of hydrogen-bond acceptors (Lipinski definition) is 3. The predicted octanol–water partition coefficient (Wildman–Crippen LogP) is 4.51. The quantitative estimate of drug-likeness (QED) is 0.773. The average molecular weight is 323 g/mol. The van der Waals surface area contributed by atoms with Crippen LogP contribution in [0.1, 0.15) is 29.5 Å². The molecule has 4 heteroatoms. The Morgan fingerprint density at radius 2 is 2.24 bits per heavy atom. The maximum atomic E-state index is 6.09. The molecule has 0 fully saturated rings. The topological polar surface area (TPSA) is 24.9 Å². The fraction of sp³-hybridized carbons (Fsp3) is 0.471. The second-order valence-corrected chi connectivity index (χ2v) is 6.78. The number of aromatic nitrogens is 1. The Kier molecular flexibility index (Phi) is 6.68. The van der Waals surface area contributed by atoms with Crippen molar-refractivity contribution in [3.8, 4) is 0 Å². The van der Waals surface area contributed by atoms with Gasteiger partial charge in [-0.15, -0.1) is 11.3 Å². The Bertz CT molecular complexity index is 553. The Hall–Kier alpha value is -0.900. The zero-order chi connectivity index (χ0) is 15.1. The minimum Gasteiger partial charge on any atom is -0.317 e. The molecule has 1 heterocycles. The molecule has 0 aliphatic rings. The van der Waals surface area contributed by atoms with E-state index >= 15 is 0 Å². The zero-order valence-corrected chi connectivity index (χ0v) is 14.3. The summed E-state index contributed by atoms with van der Waals surface area (Å²) in [4.78, 5) is 5.76. The summed E-state index contributed by atoms with van der Waals surface area (Å²) in [5.41, 5.74) is 4.46. The molecule has 0 aliphatic heterocycles. The standard InChI is InChI=1S/C17H23ClN2S/c1-3-19-11-15(7-8-17-13(2)20-12-21-17)9-14-5-4-6-16(18)10-14/h4-6,10,12,15,19H,3,7-9,11H2,1-2H3. The molecule has 1 unspecified atom stereocenters. The first-order chi connectivity index (χ1) is 10.2. The summed E-state index contributed by atoms with van der Waals surface area (Å²) in [6.45, 7) is 6.33. The monoisotopic (exact) mass is 322 g/mol. The first-order valence-corrected chi connectivity index (χ1v) is 8.79. The Balaban J connectivity index is 1.95. The van der Waals surface area contributed by atoms with Crippen molar-refractivity contribution >= 4 is 22.9 Å². The van der Waals surface area contributed by atoms with Gasteiger partial charge >= 0.3 is 0 Å². The van der Waals surface area contributed by atoms with Gasteiger partial charge in [0.15, 0.2) is 0 Å². The Labute approximate surface area is 136 Å². The van der Waals surface area contributed by atoms with E-state index in [0.717, 1.165) is 31.0 Å². The van der Waals surface area contributed by atoms with Crippen molar-refractivity contribution in [2.24, 2.45) is 5.92 Å². The van der Waals surface area contributed by atoms with E-state index in [1.165, 1.54) is 22.6 Å². The molecule has 0 saturated carbocycles. The molecule has 1 N–H and O–H groups in total. The van der Waals surface area contributed by atoms with Gasteiger partial charge in [0.05, 0.1) is 11.2 Å². The minimum atomic E-state index is 0.630. The van der Waals surface area contributed by atoms with Gasteiger partial charge in [-0.25, -0.2) is 4.98 Å². The van der Waals surface area contributed by atoms with Gasteiger partial charge in [0, 0.05) is 9.90 Å². The van der Waals surface area contributed by atoms with Gasteiger partial charge in [0.25, 0.3) is 0 Å². The molecule has 1 atom stereocenters. The van der Waals surface area contributed by atoms with E-state index in [9.17, 15) is 0 Å². The van der Waals surface area contributed by atoms with Crippen LogP contribution in [0.3, 0.4) is 0 Å². The molecule has 21 heavy (non-hydrogen) atoms. The van der Waals surface area contributed by atoms with Crippen LogP contribution in [0.2, 0.25) is 5.02 Å². The van der Waals surface area contributed by atoms with Crippen molar-refractivity contribution in [2.45, 2.75) is 33.1 Å². The summed E-state index contributed by atoms with van der Waals surface area (Å²) in [5.74, 6) is 0.630. The molecule has 1 aromatic carbocycles. The van der Waals surface area contributed by atoms with Crippen LogP contribution in [0.4, 0.5) is 0 Å². The summed E-state index contributed by atoms with van der Waals surface area (Å²) >= 11 is 7.86. The lowest BCUT2D eigenvalue weighted by Crippen LogP contribution is -2.24. The first kappa shape index (κ1) is 16.5. The highest BCUT2D eigenvalue weighted by molar-refractivity contribution is 7.09. The highest BCUT2D eigenvalue weighted by atomic mass is 35.5. The summed E-state index contributed by atoms with van der Waals surface area (Å²) in [5, 5.41) is 4.31. The molecule has 2 rings (SSSR count). The Morgan fingerprint density at radius 1 is 1.38 bits per heavy atom. The largest absolute Gasteiger partial charge is 0.317 e. The maximum absolute atomic E-state index is 6.09. The molecule has 1 aromatic heterocycles. The van der Waals surface area contributed by atoms with Crippen molar-refractivity contribution in [2.75, 3.05) is 13.1 Å². The van der Waals surface area contributed by atoms with E-state index < -0.39 is 0 Å². The van der Waals surface area contributed by atoms with Crippen molar-refractivity contribution in [1.29, 1.82) is 0 Å². The van der Waals surface area contributed by atoms with E-state index in [4.69, 9.17) is 11.6 Å².